The van der Waals surface area contributed by atoms with Crippen molar-refractivity contribution in [2.45, 2.75) is 18.5 Å². The van der Waals surface area contributed by atoms with Crippen LogP contribution in [0.3, 0.4) is 0 Å². The zero-order valence-electron chi connectivity index (χ0n) is 8.36. The van der Waals surface area contributed by atoms with Crippen molar-refractivity contribution in [3.63, 3.8) is 0 Å². The van der Waals surface area contributed by atoms with Gasteiger partial charge in [0, 0.05) is 12.1 Å². The van der Waals surface area contributed by atoms with Gasteiger partial charge in [0.05, 0.1) is 6.42 Å². The van der Waals surface area contributed by atoms with E-state index >= 15 is 0 Å². The molecule has 0 bridgehead atoms. The quantitative estimate of drug-likeness (QED) is 0.712. The van der Waals surface area contributed by atoms with Crippen molar-refractivity contribution < 1.29 is 18.7 Å². The van der Waals surface area contributed by atoms with Crippen LogP contribution in [0.4, 0.5) is 8.78 Å². The van der Waals surface area contributed by atoms with Crippen LogP contribution in [-0.2, 0) is 4.79 Å². The van der Waals surface area contributed by atoms with Crippen LogP contribution in [0.2, 0.25) is 0 Å². The average Bonchev–Trinajstić information content (AvgIpc) is 2.20. The van der Waals surface area contributed by atoms with Crippen LogP contribution in [0.25, 0.3) is 0 Å². The molecule has 0 aromatic heterocycles. The molecule has 5 N–H and O–H groups in total. The van der Waals surface area contributed by atoms with Crippen molar-refractivity contribution in [2.75, 3.05) is 0 Å². The smallest absolute Gasteiger partial charge is 0.304 e. The summed E-state index contributed by atoms with van der Waals surface area (Å²) in [6, 6.07) is 1.44. The van der Waals surface area contributed by atoms with Crippen LogP contribution in [0, 0.1) is 11.6 Å². The second-order valence-corrected chi connectivity index (χ2v) is 3.46. The van der Waals surface area contributed by atoms with E-state index in [9.17, 15) is 13.6 Å². The summed E-state index contributed by atoms with van der Waals surface area (Å²) in [5, 5.41) is 8.51. The fourth-order valence-electron chi connectivity index (χ4n) is 1.30. The van der Waals surface area contributed by atoms with Gasteiger partial charge in [-0.15, -0.1) is 0 Å². The second kappa shape index (κ2) is 5.00. The van der Waals surface area contributed by atoms with E-state index in [0.717, 1.165) is 12.1 Å². The lowest BCUT2D eigenvalue weighted by Gasteiger charge is -2.18. The van der Waals surface area contributed by atoms with E-state index in [1.54, 1.807) is 0 Å². The van der Waals surface area contributed by atoms with Gasteiger partial charge in [0.25, 0.3) is 0 Å². The number of carboxylic acid groups (broad SMARTS) is 1. The molecule has 0 saturated carbocycles. The summed E-state index contributed by atoms with van der Waals surface area (Å²) in [6.45, 7) is 0. The van der Waals surface area contributed by atoms with Crippen LogP contribution in [0.1, 0.15) is 18.0 Å². The molecule has 88 valence electrons. The molecule has 0 fully saturated rings. The molecule has 0 amide bonds. The van der Waals surface area contributed by atoms with Gasteiger partial charge < -0.3 is 16.6 Å². The lowest BCUT2D eigenvalue weighted by molar-refractivity contribution is -0.137. The molecule has 0 spiro atoms. The van der Waals surface area contributed by atoms with E-state index in [1.165, 1.54) is 6.07 Å². The number of aliphatic carboxylic acids is 1. The van der Waals surface area contributed by atoms with Crippen LogP contribution in [0.5, 0.6) is 0 Å². The molecule has 0 aliphatic carbocycles. The van der Waals surface area contributed by atoms with Crippen molar-refractivity contribution in [2.24, 2.45) is 11.5 Å². The molecule has 0 aliphatic heterocycles. The summed E-state index contributed by atoms with van der Waals surface area (Å²) in [7, 11) is 0. The number of carbonyl (C=O) groups is 1. The molecule has 16 heavy (non-hydrogen) atoms. The highest BCUT2D eigenvalue weighted by Gasteiger charge is 2.19. The number of hydrogen-bond acceptors (Lipinski definition) is 3. The summed E-state index contributed by atoms with van der Waals surface area (Å²) in [6.07, 6.45) is -0.333. The SMILES string of the molecule is NC(CC(=O)O)C(N)c1ccc(F)c(F)c1. The highest BCUT2D eigenvalue weighted by Crippen LogP contribution is 2.17. The molecular formula is C10H12F2N2O2. The second-order valence-electron chi connectivity index (χ2n) is 3.46. The van der Waals surface area contributed by atoms with Crippen LogP contribution in [0.15, 0.2) is 18.2 Å². The minimum absolute atomic E-state index is 0.271. The summed E-state index contributed by atoms with van der Waals surface area (Å²) in [4.78, 5) is 10.4. The molecule has 0 heterocycles. The van der Waals surface area contributed by atoms with Gasteiger partial charge in [-0.1, -0.05) is 6.07 Å². The fraction of sp³-hybridized carbons (Fsp3) is 0.300. The predicted octanol–water partition coefficient (Wildman–Crippen LogP) is 0.767. The molecule has 1 rings (SSSR count). The molecule has 6 heteroatoms. The maximum atomic E-state index is 12.9. The summed E-state index contributed by atoms with van der Waals surface area (Å²) in [5.74, 6) is -3.11. The number of halogens is 2. The van der Waals surface area contributed by atoms with Gasteiger partial charge >= 0.3 is 5.97 Å². The topological polar surface area (TPSA) is 89.3 Å². The molecule has 2 atom stereocenters. The normalized spacial score (nSPS) is 14.5. The Kier molecular flexibility index (Phi) is 3.92. The van der Waals surface area contributed by atoms with Crippen LogP contribution in [-0.4, -0.2) is 17.1 Å². The van der Waals surface area contributed by atoms with Crippen LogP contribution >= 0.6 is 0 Å². The Hall–Kier alpha value is -1.53. The number of nitrogens with two attached hydrogens (primary N) is 2. The van der Waals surface area contributed by atoms with Gasteiger partial charge in [0.2, 0.25) is 0 Å². The molecule has 2 unspecified atom stereocenters. The third kappa shape index (κ3) is 2.98. The number of benzene rings is 1. The van der Waals surface area contributed by atoms with Gasteiger partial charge in [-0.3, -0.25) is 4.79 Å². The molecule has 0 radical (unpaired) electrons. The Balaban J connectivity index is 2.83. The predicted molar refractivity (Wildman–Crippen MR) is 53.5 cm³/mol. The largest absolute Gasteiger partial charge is 0.481 e. The lowest BCUT2D eigenvalue weighted by atomic mass is 9.98. The summed E-state index contributed by atoms with van der Waals surface area (Å²) < 4.78 is 25.5. The van der Waals surface area contributed by atoms with Gasteiger partial charge in [0.15, 0.2) is 11.6 Å². The van der Waals surface area contributed by atoms with Crippen molar-refractivity contribution in [3.8, 4) is 0 Å². The van der Waals surface area contributed by atoms with Gasteiger partial charge in [-0.05, 0) is 17.7 Å². The molecule has 0 aliphatic rings. The first-order valence-electron chi connectivity index (χ1n) is 4.59. The van der Waals surface area contributed by atoms with Crippen molar-refractivity contribution >= 4 is 5.97 Å². The van der Waals surface area contributed by atoms with Crippen molar-refractivity contribution in [1.29, 1.82) is 0 Å². The summed E-state index contributed by atoms with van der Waals surface area (Å²) >= 11 is 0. The Morgan fingerprint density at radius 3 is 2.44 bits per heavy atom. The van der Waals surface area contributed by atoms with Crippen molar-refractivity contribution in [3.05, 3.63) is 35.4 Å². The van der Waals surface area contributed by atoms with Gasteiger partial charge in [0.1, 0.15) is 0 Å². The maximum Gasteiger partial charge on any atom is 0.304 e. The van der Waals surface area contributed by atoms with E-state index in [1.807, 2.05) is 0 Å². The van der Waals surface area contributed by atoms with Crippen LogP contribution < -0.4 is 11.5 Å². The minimum Gasteiger partial charge on any atom is -0.481 e. The Morgan fingerprint density at radius 1 is 1.31 bits per heavy atom. The van der Waals surface area contributed by atoms with E-state index in [0.29, 0.717) is 0 Å². The first-order valence-corrected chi connectivity index (χ1v) is 4.59. The Labute approximate surface area is 90.9 Å². The zero-order chi connectivity index (χ0) is 12.3. The van der Waals surface area contributed by atoms with Crippen molar-refractivity contribution in [1.82, 2.24) is 0 Å². The molecule has 4 nitrogen and oxygen atoms in total. The monoisotopic (exact) mass is 230 g/mol. The Morgan fingerprint density at radius 2 is 1.94 bits per heavy atom. The maximum absolute atomic E-state index is 12.9. The zero-order valence-corrected chi connectivity index (χ0v) is 8.36. The standard InChI is InChI=1S/C10H12F2N2O2/c11-6-2-1-5(3-7(6)12)10(14)8(13)4-9(15)16/h1-3,8,10H,4,13-14H2,(H,15,16). The number of rotatable bonds is 4. The number of carboxylic acids is 1. The Bertz CT molecular complexity index is 398. The average molecular weight is 230 g/mol. The highest BCUT2D eigenvalue weighted by atomic mass is 19.2. The molecular weight excluding hydrogens is 218 g/mol. The minimum atomic E-state index is -1.09. The van der Waals surface area contributed by atoms with E-state index < -0.39 is 29.7 Å². The highest BCUT2D eigenvalue weighted by molar-refractivity contribution is 5.67. The first kappa shape index (κ1) is 12.5. The first-order chi connectivity index (χ1) is 7.41. The summed E-state index contributed by atoms with van der Waals surface area (Å²) in [5.41, 5.74) is 11.4. The molecule has 1 aromatic rings. The van der Waals surface area contributed by atoms with Gasteiger partial charge in [-0.2, -0.15) is 0 Å². The van der Waals surface area contributed by atoms with E-state index in [-0.39, 0.29) is 12.0 Å². The third-order valence-electron chi connectivity index (χ3n) is 2.20. The molecule has 0 saturated heterocycles. The van der Waals surface area contributed by atoms with E-state index in [2.05, 4.69) is 0 Å². The fourth-order valence-corrected chi connectivity index (χ4v) is 1.30. The lowest BCUT2D eigenvalue weighted by Crippen LogP contribution is -2.36. The third-order valence-corrected chi connectivity index (χ3v) is 2.20. The number of hydrogen-bond donors (Lipinski definition) is 3. The van der Waals surface area contributed by atoms with Gasteiger partial charge in [-0.25, -0.2) is 8.78 Å². The molecule has 1 aromatic carbocycles. The van der Waals surface area contributed by atoms with E-state index in [4.69, 9.17) is 16.6 Å².